The zero-order valence-corrected chi connectivity index (χ0v) is 19.0. The molecule has 4 saturated carbocycles. The number of aromatic nitrogens is 2. The molecule has 0 saturated heterocycles. The Bertz CT molecular complexity index is 809. The lowest BCUT2D eigenvalue weighted by molar-refractivity contribution is -0.152. The number of rotatable bonds is 3. The summed E-state index contributed by atoms with van der Waals surface area (Å²) < 4.78 is 2.05. The van der Waals surface area contributed by atoms with Gasteiger partial charge in [-0.3, -0.25) is 4.79 Å². The molecule has 1 N–H and O–H groups in total. The zero-order chi connectivity index (χ0) is 20.4. The Hall–Kier alpha value is -0.810. The van der Waals surface area contributed by atoms with Crippen LogP contribution in [0.15, 0.2) is 17.6 Å². The number of thioether (sulfide) groups is 1. The summed E-state index contributed by atoms with van der Waals surface area (Å²) in [6, 6.07) is 0. The minimum absolute atomic E-state index is 0.0139. The molecule has 7 atom stereocenters. The van der Waals surface area contributed by atoms with Gasteiger partial charge >= 0.3 is 0 Å². The third-order valence-electron chi connectivity index (χ3n) is 10.0. The van der Waals surface area contributed by atoms with Crippen molar-refractivity contribution in [2.24, 2.45) is 41.5 Å². The fourth-order valence-corrected chi connectivity index (χ4v) is 9.31. The average molecular weight is 417 g/mol. The second-order valence-corrected chi connectivity index (χ2v) is 12.0. The molecule has 0 spiro atoms. The minimum Gasteiger partial charge on any atom is -0.388 e. The number of carbonyl (C=O) groups excluding carboxylic acids is 1. The summed E-state index contributed by atoms with van der Waals surface area (Å²) >= 11 is 1.72. The molecule has 0 amide bonds. The average Bonchev–Trinajstić information content (AvgIpc) is 3.22. The molecule has 1 aromatic heterocycles. The van der Waals surface area contributed by atoms with Crippen LogP contribution in [0.3, 0.4) is 0 Å². The number of aryl methyl sites for hydroxylation is 1. The van der Waals surface area contributed by atoms with E-state index < -0.39 is 5.60 Å². The van der Waals surface area contributed by atoms with E-state index in [0.717, 1.165) is 61.3 Å². The molecular weight excluding hydrogens is 380 g/mol. The third-order valence-corrected chi connectivity index (χ3v) is 11.3. The topological polar surface area (TPSA) is 55.1 Å². The summed E-state index contributed by atoms with van der Waals surface area (Å²) in [4.78, 5) is 16.5. The van der Waals surface area contributed by atoms with E-state index in [1.165, 1.54) is 19.3 Å². The van der Waals surface area contributed by atoms with Crippen molar-refractivity contribution in [1.29, 1.82) is 0 Å². The van der Waals surface area contributed by atoms with Gasteiger partial charge in [-0.05, 0) is 74.0 Å². The highest BCUT2D eigenvalue weighted by Crippen LogP contribution is 2.68. The Morgan fingerprint density at radius 3 is 2.72 bits per heavy atom. The first kappa shape index (κ1) is 20.1. The van der Waals surface area contributed by atoms with E-state index in [-0.39, 0.29) is 5.41 Å². The number of carbonyl (C=O) groups is 1. The van der Waals surface area contributed by atoms with Crippen LogP contribution in [0.1, 0.15) is 71.6 Å². The standard InChI is InChI=1S/C24H36N2O2S/c1-22-9-6-17(27)14-16(22)4-5-18-19(22)7-10-23(2)20(18)8-11-24(23,28)15-29-21-25-12-13-26(21)3/h12-13,16,18-20,28H,4-11,14-15H2,1-3H3/t16-,18+,19+,20-,22+,23-,24-/m1/s1. The molecular formula is C24H36N2O2S. The van der Waals surface area contributed by atoms with Crippen LogP contribution in [-0.4, -0.2) is 31.8 Å². The molecule has 0 radical (unpaired) electrons. The number of imidazole rings is 1. The Morgan fingerprint density at radius 2 is 1.97 bits per heavy atom. The Kier molecular flexibility index (Phi) is 4.75. The first-order valence-corrected chi connectivity index (χ1v) is 12.6. The largest absolute Gasteiger partial charge is 0.388 e. The van der Waals surface area contributed by atoms with E-state index in [9.17, 15) is 9.90 Å². The summed E-state index contributed by atoms with van der Waals surface area (Å²) in [6.07, 6.45) is 13.5. The lowest BCUT2D eigenvalue weighted by atomic mass is 9.44. The van der Waals surface area contributed by atoms with Crippen LogP contribution in [0.2, 0.25) is 0 Å². The van der Waals surface area contributed by atoms with E-state index in [0.29, 0.717) is 23.0 Å². The summed E-state index contributed by atoms with van der Waals surface area (Å²) in [5.41, 5.74) is -0.236. The van der Waals surface area contributed by atoms with Crippen LogP contribution in [0, 0.1) is 34.5 Å². The van der Waals surface area contributed by atoms with Crippen molar-refractivity contribution < 1.29 is 9.90 Å². The summed E-state index contributed by atoms with van der Waals surface area (Å²) in [5, 5.41) is 12.9. The van der Waals surface area contributed by atoms with Crippen molar-refractivity contribution in [3.05, 3.63) is 12.4 Å². The van der Waals surface area contributed by atoms with Crippen LogP contribution in [0.4, 0.5) is 0 Å². The molecule has 0 aromatic carbocycles. The van der Waals surface area contributed by atoms with E-state index >= 15 is 0 Å². The number of hydrogen-bond donors (Lipinski definition) is 1. The van der Waals surface area contributed by atoms with E-state index in [1.54, 1.807) is 11.8 Å². The Morgan fingerprint density at radius 1 is 1.17 bits per heavy atom. The Balaban J connectivity index is 1.36. The van der Waals surface area contributed by atoms with Crippen LogP contribution >= 0.6 is 11.8 Å². The highest BCUT2D eigenvalue weighted by atomic mass is 32.2. The summed E-state index contributed by atoms with van der Waals surface area (Å²) in [6.45, 7) is 4.89. The monoisotopic (exact) mass is 416 g/mol. The number of fused-ring (bicyclic) bond motifs is 5. The van der Waals surface area contributed by atoms with Gasteiger partial charge in [0, 0.05) is 43.5 Å². The predicted molar refractivity (Wildman–Crippen MR) is 116 cm³/mol. The highest BCUT2D eigenvalue weighted by Gasteiger charge is 2.64. The smallest absolute Gasteiger partial charge is 0.167 e. The normalized spacial score (nSPS) is 46.8. The maximum atomic E-state index is 12.1. The maximum absolute atomic E-state index is 12.1. The van der Waals surface area contributed by atoms with Gasteiger partial charge in [-0.25, -0.2) is 4.98 Å². The molecule has 0 bridgehead atoms. The van der Waals surface area contributed by atoms with Gasteiger partial charge in [0.15, 0.2) is 5.16 Å². The molecule has 4 aliphatic rings. The first-order valence-electron chi connectivity index (χ1n) is 11.6. The summed E-state index contributed by atoms with van der Waals surface area (Å²) in [5.74, 6) is 3.95. The van der Waals surface area contributed by atoms with Crippen molar-refractivity contribution in [2.75, 3.05) is 5.75 Å². The van der Waals surface area contributed by atoms with Crippen molar-refractivity contribution in [3.8, 4) is 0 Å². The van der Waals surface area contributed by atoms with Crippen LogP contribution in [-0.2, 0) is 11.8 Å². The van der Waals surface area contributed by atoms with Gasteiger partial charge in [0.25, 0.3) is 0 Å². The van der Waals surface area contributed by atoms with Crippen LogP contribution in [0.5, 0.6) is 0 Å². The molecule has 4 fully saturated rings. The van der Waals surface area contributed by atoms with Gasteiger partial charge in [-0.2, -0.15) is 0 Å². The predicted octanol–water partition coefficient (Wildman–Crippen LogP) is 4.86. The second-order valence-electron chi connectivity index (χ2n) is 11.0. The fourth-order valence-electron chi connectivity index (χ4n) is 8.07. The molecule has 29 heavy (non-hydrogen) atoms. The number of Topliss-reactive ketones (excluding diaryl/α,β-unsaturated/α-hetero) is 1. The van der Waals surface area contributed by atoms with Crippen LogP contribution < -0.4 is 0 Å². The van der Waals surface area contributed by atoms with Gasteiger partial charge in [-0.1, -0.05) is 25.6 Å². The molecule has 1 heterocycles. The number of hydrogen-bond acceptors (Lipinski definition) is 4. The molecule has 4 nitrogen and oxygen atoms in total. The highest BCUT2D eigenvalue weighted by molar-refractivity contribution is 7.99. The number of aliphatic hydroxyl groups is 1. The summed E-state index contributed by atoms with van der Waals surface area (Å²) in [7, 11) is 2.03. The zero-order valence-electron chi connectivity index (χ0n) is 18.2. The molecule has 5 heteroatoms. The van der Waals surface area contributed by atoms with Crippen molar-refractivity contribution in [1.82, 2.24) is 9.55 Å². The van der Waals surface area contributed by atoms with E-state index in [4.69, 9.17) is 0 Å². The van der Waals surface area contributed by atoms with Crippen molar-refractivity contribution in [3.63, 3.8) is 0 Å². The van der Waals surface area contributed by atoms with Gasteiger partial charge in [0.1, 0.15) is 5.78 Å². The molecule has 5 rings (SSSR count). The molecule has 0 aliphatic heterocycles. The lowest BCUT2D eigenvalue weighted by Crippen LogP contribution is -2.57. The maximum Gasteiger partial charge on any atom is 0.167 e. The lowest BCUT2D eigenvalue weighted by Gasteiger charge is -2.61. The minimum atomic E-state index is -0.598. The van der Waals surface area contributed by atoms with Crippen molar-refractivity contribution >= 4 is 17.5 Å². The molecule has 0 unspecified atom stereocenters. The van der Waals surface area contributed by atoms with E-state index in [1.807, 2.05) is 24.0 Å². The third kappa shape index (κ3) is 2.90. The fraction of sp³-hybridized carbons (Fsp3) is 0.833. The van der Waals surface area contributed by atoms with Gasteiger partial charge in [0.2, 0.25) is 0 Å². The molecule has 4 aliphatic carbocycles. The van der Waals surface area contributed by atoms with Crippen molar-refractivity contribution in [2.45, 2.75) is 82.4 Å². The molecule has 160 valence electrons. The Labute approximate surface area is 179 Å². The molecule has 1 aromatic rings. The van der Waals surface area contributed by atoms with Gasteiger partial charge in [0.05, 0.1) is 5.60 Å². The van der Waals surface area contributed by atoms with Gasteiger partial charge in [-0.15, -0.1) is 0 Å². The van der Waals surface area contributed by atoms with Crippen LogP contribution in [0.25, 0.3) is 0 Å². The van der Waals surface area contributed by atoms with E-state index in [2.05, 4.69) is 18.8 Å². The van der Waals surface area contributed by atoms with Gasteiger partial charge < -0.3 is 9.67 Å². The number of ketones is 1. The quantitative estimate of drug-likeness (QED) is 0.715. The number of nitrogens with zero attached hydrogens (tertiary/aromatic N) is 2. The SMILES string of the molecule is Cn1ccnc1SC[C@]1(O)CC[C@@H]2[C@H]3CC[C@@H]4CC(=O)CC[C@]4(C)[C@H]3CC[C@]21C. The first-order chi connectivity index (χ1) is 13.8. The second kappa shape index (κ2) is 6.85.